The summed E-state index contributed by atoms with van der Waals surface area (Å²) in [4.78, 5) is 48.6. The SMILES string of the molecule is CNC(=O)c1cnc(N2CCN(C(=O)CCOCC(C)n3nc(C)c4c(=O)[nH]ncc43)CC2)nc1. The molecule has 2 amide bonds. The minimum atomic E-state index is -0.266. The molecule has 186 valence electrons. The van der Waals surface area contributed by atoms with Crippen LogP contribution >= 0.6 is 0 Å². The number of anilines is 1. The number of fused-ring (bicyclic) bond motifs is 1. The van der Waals surface area contributed by atoms with Gasteiger partial charge in [-0.15, -0.1) is 0 Å². The van der Waals surface area contributed by atoms with Gasteiger partial charge in [0.1, 0.15) is 0 Å². The van der Waals surface area contributed by atoms with Crippen LogP contribution in [0.5, 0.6) is 0 Å². The van der Waals surface area contributed by atoms with Crippen molar-refractivity contribution in [3.8, 4) is 0 Å². The third-order valence-electron chi connectivity index (χ3n) is 5.98. The summed E-state index contributed by atoms with van der Waals surface area (Å²) in [6.45, 7) is 6.73. The average molecular weight is 484 g/mol. The summed E-state index contributed by atoms with van der Waals surface area (Å²) in [6, 6.07) is -0.122. The molecular formula is C22H29N9O4. The molecule has 3 aromatic rings. The number of aromatic amines is 1. The van der Waals surface area contributed by atoms with Crippen molar-refractivity contribution in [3.63, 3.8) is 0 Å². The lowest BCUT2D eigenvalue weighted by atomic mass is 10.3. The van der Waals surface area contributed by atoms with Crippen molar-refractivity contribution < 1.29 is 14.3 Å². The molecule has 1 aliphatic heterocycles. The third-order valence-corrected chi connectivity index (χ3v) is 5.98. The zero-order chi connectivity index (χ0) is 24.9. The highest BCUT2D eigenvalue weighted by molar-refractivity contribution is 5.93. The van der Waals surface area contributed by atoms with Gasteiger partial charge in [0, 0.05) is 45.6 Å². The van der Waals surface area contributed by atoms with E-state index in [9.17, 15) is 14.4 Å². The number of rotatable bonds is 8. The average Bonchev–Trinajstić information content (AvgIpc) is 3.23. The number of carbonyl (C=O) groups excluding carboxylic acids is 2. The molecule has 13 heteroatoms. The lowest BCUT2D eigenvalue weighted by Crippen LogP contribution is -2.49. The van der Waals surface area contributed by atoms with E-state index in [1.54, 1.807) is 24.9 Å². The molecule has 1 unspecified atom stereocenters. The molecule has 2 N–H and O–H groups in total. The quantitative estimate of drug-likeness (QED) is 0.418. The molecule has 13 nitrogen and oxygen atoms in total. The molecule has 0 spiro atoms. The normalized spacial score (nSPS) is 14.8. The van der Waals surface area contributed by atoms with E-state index in [1.807, 2.05) is 16.7 Å². The van der Waals surface area contributed by atoms with Gasteiger partial charge in [-0.2, -0.15) is 10.2 Å². The van der Waals surface area contributed by atoms with E-state index in [2.05, 4.69) is 30.6 Å². The number of aryl methyl sites for hydroxylation is 1. The monoisotopic (exact) mass is 483 g/mol. The molecule has 0 aromatic carbocycles. The van der Waals surface area contributed by atoms with E-state index in [1.165, 1.54) is 12.4 Å². The summed E-state index contributed by atoms with van der Waals surface area (Å²) < 4.78 is 7.49. The van der Waals surface area contributed by atoms with Gasteiger partial charge in [0.15, 0.2) is 0 Å². The van der Waals surface area contributed by atoms with Crippen LogP contribution in [-0.4, -0.2) is 93.1 Å². The smallest absolute Gasteiger partial charge is 0.275 e. The minimum Gasteiger partial charge on any atom is -0.379 e. The van der Waals surface area contributed by atoms with E-state index >= 15 is 0 Å². The Morgan fingerprint density at radius 2 is 1.89 bits per heavy atom. The van der Waals surface area contributed by atoms with Gasteiger partial charge in [0.05, 0.1) is 54.0 Å². The number of hydrogen-bond donors (Lipinski definition) is 2. The van der Waals surface area contributed by atoms with E-state index in [4.69, 9.17) is 4.74 Å². The predicted molar refractivity (Wildman–Crippen MR) is 127 cm³/mol. The van der Waals surface area contributed by atoms with Crippen molar-refractivity contribution in [1.29, 1.82) is 0 Å². The van der Waals surface area contributed by atoms with Crippen LogP contribution in [0.15, 0.2) is 23.4 Å². The molecule has 1 saturated heterocycles. The van der Waals surface area contributed by atoms with Gasteiger partial charge in [-0.25, -0.2) is 15.1 Å². The van der Waals surface area contributed by atoms with Gasteiger partial charge < -0.3 is 19.9 Å². The second-order valence-corrected chi connectivity index (χ2v) is 8.38. The fraction of sp³-hybridized carbons (Fsp3) is 0.500. The highest BCUT2D eigenvalue weighted by Gasteiger charge is 2.23. The van der Waals surface area contributed by atoms with Crippen molar-refractivity contribution >= 4 is 28.7 Å². The zero-order valence-corrected chi connectivity index (χ0v) is 20.0. The van der Waals surface area contributed by atoms with E-state index in [-0.39, 0.29) is 29.8 Å². The van der Waals surface area contributed by atoms with Crippen molar-refractivity contribution in [3.05, 3.63) is 40.2 Å². The molecule has 0 aliphatic carbocycles. The molecule has 1 atom stereocenters. The molecule has 0 bridgehead atoms. The molecule has 4 rings (SSSR count). The van der Waals surface area contributed by atoms with Crippen LogP contribution in [-0.2, 0) is 9.53 Å². The van der Waals surface area contributed by atoms with Gasteiger partial charge in [-0.1, -0.05) is 0 Å². The van der Waals surface area contributed by atoms with E-state index in [0.29, 0.717) is 67.5 Å². The number of hydrogen-bond acceptors (Lipinski definition) is 9. The second kappa shape index (κ2) is 10.6. The summed E-state index contributed by atoms with van der Waals surface area (Å²) >= 11 is 0. The lowest BCUT2D eigenvalue weighted by molar-refractivity contribution is -0.132. The molecular weight excluding hydrogens is 454 g/mol. The number of aromatic nitrogens is 6. The Balaban J connectivity index is 1.21. The summed E-state index contributed by atoms with van der Waals surface area (Å²) in [6.07, 6.45) is 4.86. The highest BCUT2D eigenvalue weighted by atomic mass is 16.5. The van der Waals surface area contributed by atoms with Crippen LogP contribution in [0.3, 0.4) is 0 Å². The first kappa shape index (κ1) is 24.3. The zero-order valence-electron chi connectivity index (χ0n) is 20.0. The van der Waals surface area contributed by atoms with Crippen LogP contribution < -0.4 is 15.8 Å². The van der Waals surface area contributed by atoms with Gasteiger partial charge in [-0.3, -0.25) is 19.1 Å². The van der Waals surface area contributed by atoms with Crippen molar-refractivity contribution in [2.45, 2.75) is 26.3 Å². The Kier molecular flexibility index (Phi) is 7.34. The largest absolute Gasteiger partial charge is 0.379 e. The molecule has 3 aromatic heterocycles. The number of nitrogens with one attached hydrogen (secondary N) is 2. The van der Waals surface area contributed by atoms with E-state index in [0.717, 1.165) is 0 Å². The second-order valence-electron chi connectivity index (χ2n) is 8.38. The summed E-state index contributed by atoms with van der Waals surface area (Å²) in [5, 5.41) is 13.8. The van der Waals surface area contributed by atoms with E-state index < -0.39 is 0 Å². The Hall–Kier alpha value is -3.87. The third kappa shape index (κ3) is 5.29. The Bertz CT molecular complexity index is 1250. The van der Waals surface area contributed by atoms with Crippen LogP contribution in [0.4, 0.5) is 5.95 Å². The number of piperazine rings is 1. The molecule has 35 heavy (non-hydrogen) atoms. The van der Waals surface area contributed by atoms with Crippen molar-refractivity contribution in [1.82, 2.24) is 40.2 Å². The fourth-order valence-electron chi connectivity index (χ4n) is 4.06. The number of H-pyrrole nitrogens is 1. The van der Waals surface area contributed by atoms with Crippen LogP contribution in [0, 0.1) is 6.92 Å². The van der Waals surface area contributed by atoms with Crippen LogP contribution in [0.2, 0.25) is 0 Å². The Labute approximate surface area is 201 Å². The fourth-order valence-corrected chi connectivity index (χ4v) is 4.06. The maximum Gasteiger partial charge on any atom is 0.275 e. The Morgan fingerprint density at radius 3 is 2.57 bits per heavy atom. The maximum absolute atomic E-state index is 12.6. The van der Waals surface area contributed by atoms with Gasteiger partial charge in [-0.05, 0) is 13.8 Å². The molecule has 1 aliphatic rings. The first-order chi connectivity index (χ1) is 16.9. The molecule has 4 heterocycles. The lowest BCUT2D eigenvalue weighted by Gasteiger charge is -2.34. The summed E-state index contributed by atoms with van der Waals surface area (Å²) in [7, 11) is 1.56. The summed E-state index contributed by atoms with van der Waals surface area (Å²) in [5.74, 6) is 0.342. The first-order valence-electron chi connectivity index (χ1n) is 11.5. The predicted octanol–water partition coefficient (Wildman–Crippen LogP) is -0.106. The first-order valence-corrected chi connectivity index (χ1v) is 11.5. The van der Waals surface area contributed by atoms with Gasteiger partial charge in [0.2, 0.25) is 11.9 Å². The Morgan fingerprint density at radius 1 is 1.17 bits per heavy atom. The molecule has 1 fully saturated rings. The van der Waals surface area contributed by atoms with Crippen LogP contribution in [0.25, 0.3) is 10.9 Å². The van der Waals surface area contributed by atoms with Gasteiger partial charge >= 0.3 is 0 Å². The number of nitrogens with zero attached hydrogens (tertiary/aromatic N) is 7. The van der Waals surface area contributed by atoms with Gasteiger partial charge in [0.25, 0.3) is 11.5 Å². The standard InChI is InChI=1S/C22H29N9O4/c1-14(31-17-12-26-27-21(34)19(17)15(2)28-31)13-35-9-4-18(32)29-5-7-30(8-6-29)22-24-10-16(11-25-22)20(33)23-3/h10-12,14H,4-9,13H2,1-3H3,(H,23,33)(H,27,34). The highest BCUT2D eigenvalue weighted by Crippen LogP contribution is 2.18. The van der Waals surface area contributed by atoms with Crippen LogP contribution in [0.1, 0.15) is 35.4 Å². The minimum absolute atomic E-state index is 0.0318. The maximum atomic E-state index is 12.6. The molecule has 0 saturated carbocycles. The number of ether oxygens (including phenoxy) is 1. The summed E-state index contributed by atoms with van der Waals surface area (Å²) in [5.41, 5.74) is 1.43. The number of amides is 2. The topological polar surface area (TPSA) is 151 Å². The number of carbonyl (C=O) groups is 2. The van der Waals surface area contributed by atoms with Crippen molar-refractivity contribution in [2.75, 3.05) is 51.3 Å². The molecule has 0 radical (unpaired) electrons. The van der Waals surface area contributed by atoms with Crippen molar-refractivity contribution in [2.24, 2.45) is 0 Å².